The van der Waals surface area contributed by atoms with Gasteiger partial charge in [-0.1, -0.05) is 42.5 Å². The predicted octanol–water partition coefficient (Wildman–Crippen LogP) is 4.18. The number of ether oxygens (including phenoxy) is 1. The highest BCUT2D eigenvalue weighted by Crippen LogP contribution is 2.33. The van der Waals surface area contributed by atoms with Crippen LogP contribution in [0.25, 0.3) is 33.1 Å². The number of nitrogen functional groups attached to an aromatic ring is 1. The summed E-state index contributed by atoms with van der Waals surface area (Å²) in [5.41, 5.74) is 9.22. The third kappa shape index (κ3) is 3.29. The molecule has 0 radical (unpaired) electrons. The standard InChI is InChI=1S/C22H22N4O2/c1-22(2,3)28-18(27)12-26-17-11-15(14-7-5-4-6-8-14)9-10-16(17)19-20(23)24-13-25-21(19)26/h4-11,13H,12H2,1-3H3,(H2,23,24,25). The fourth-order valence-electron chi connectivity index (χ4n) is 3.41. The Labute approximate surface area is 163 Å². The minimum absolute atomic E-state index is 0.0476. The molecule has 0 bridgehead atoms. The molecule has 0 saturated carbocycles. The van der Waals surface area contributed by atoms with Gasteiger partial charge < -0.3 is 15.0 Å². The SMILES string of the molecule is CC(C)(C)OC(=O)Cn1c2cc(-c3ccccc3)ccc2c2c(N)ncnc21. The lowest BCUT2D eigenvalue weighted by atomic mass is 10.0. The number of carbonyl (C=O) groups is 1. The van der Waals surface area contributed by atoms with E-state index in [1.54, 1.807) is 0 Å². The van der Waals surface area contributed by atoms with Crippen molar-refractivity contribution in [2.75, 3.05) is 5.73 Å². The molecule has 2 heterocycles. The molecule has 2 N–H and O–H groups in total. The molecule has 0 spiro atoms. The fraction of sp³-hybridized carbons (Fsp3) is 0.227. The molecule has 2 aromatic heterocycles. The van der Waals surface area contributed by atoms with Crippen molar-refractivity contribution in [2.45, 2.75) is 32.9 Å². The number of aromatic nitrogens is 3. The zero-order valence-corrected chi connectivity index (χ0v) is 16.1. The second-order valence-corrected chi connectivity index (χ2v) is 7.73. The highest BCUT2D eigenvalue weighted by atomic mass is 16.6. The third-order valence-corrected chi connectivity index (χ3v) is 4.48. The van der Waals surface area contributed by atoms with Gasteiger partial charge in [0.15, 0.2) is 0 Å². The molecule has 0 atom stereocenters. The second-order valence-electron chi connectivity index (χ2n) is 7.73. The summed E-state index contributed by atoms with van der Waals surface area (Å²) >= 11 is 0. The van der Waals surface area contributed by atoms with Gasteiger partial charge in [0.25, 0.3) is 0 Å². The van der Waals surface area contributed by atoms with E-state index in [0.717, 1.165) is 27.4 Å². The molecule has 28 heavy (non-hydrogen) atoms. The zero-order chi connectivity index (χ0) is 19.9. The van der Waals surface area contributed by atoms with Crippen LogP contribution in [0.4, 0.5) is 5.82 Å². The maximum Gasteiger partial charge on any atom is 0.326 e. The molecule has 6 nitrogen and oxygen atoms in total. The molecule has 0 saturated heterocycles. The van der Waals surface area contributed by atoms with Gasteiger partial charge in [-0.3, -0.25) is 4.79 Å². The average Bonchev–Trinajstić information content (AvgIpc) is 2.95. The Morgan fingerprint density at radius 1 is 1.07 bits per heavy atom. The van der Waals surface area contributed by atoms with E-state index < -0.39 is 5.60 Å². The Hall–Kier alpha value is -3.41. The molecule has 142 valence electrons. The van der Waals surface area contributed by atoms with E-state index in [0.29, 0.717) is 11.5 Å². The minimum atomic E-state index is -0.556. The summed E-state index contributed by atoms with van der Waals surface area (Å²) in [4.78, 5) is 21.1. The van der Waals surface area contributed by atoms with Crippen LogP contribution in [0.15, 0.2) is 54.9 Å². The Balaban J connectivity index is 1.91. The Morgan fingerprint density at radius 2 is 1.82 bits per heavy atom. The lowest BCUT2D eigenvalue weighted by Crippen LogP contribution is -2.26. The molecular formula is C22H22N4O2. The number of rotatable bonds is 3. The number of nitrogens with zero attached hydrogens (tertiary/aromatic N) is 3. The molecule has 2 aromatic carbocycles. The van der Waals surface area contributed by atoms with Crippen molar-refractivity contribution in [2.24, 2.45) is 0 Å². The quantitative estimate of drug-likeness (QED) is 0.544. The number of anilines is 1. The Morgan fingerprint density at radius 3 is 2.54 bits per heavy atom. The molecule has 0 unspecified atom stereocenters. The maximum absolute atomic E-state index is 12.5. The van der Waals surface area contributed by atoms with Crippen molar-refractivity contribution in [3.63, 3.8) is 0 Å². The van der Waals surface area contributed by atoms with E-state index in [-0.39, 0.29) is 12.5 Å². The molecule has 0 aliphatic carbocycles. The lowest BCUT2D eigenvalue weighted by molar-refractivity contribution is -0.155. The van der Waals surface area contributed by atoms with E-state index >= 15 is 0 Å². The van der Waals surface area contributed by atoms with Gasteiger partial charge in [0.05, 0.1) is 10.9 Å². The molecule has 4 aromatic rings. The van der Waals surface area contributed by atoms with E-state index in [4.69, 9.17) is 10.5 Å². The summed E-state index contributed by atoms with van der Waals surface area (Å²) in [6, 6.07) is 16.2. The molecule has 4 rings (SSSR count). The smallest absolute Gasteiger partial charge is 0.326 e. The molecule has 0 aliphatic rings. The number of benzene rings is 2. The van der Waals surface area contributed by atoms with E-state index in [9.17, 15) is 4.79 Å². The largest absolute Gasteiger partial charge is 0.459 e. The molecule has 6 heteroatoms. The van der Waals surface area contributed by atoms with Crippen LogP contribution in [-0.4, -0.2) is 26.1 Å². The van der Waals surface area contributed by atoms with Crippen LogP contribution in [-0.2, 0) is 16.1 Å². The fourth-order valence-corrected chi connectivity index (χ4v) is 3.41. The summed E-state index contributed by atoms with van der Waals surface area (Å²) in [5, 5.41) is 1.66. The Kier molecular flexibility index (Phi) is 4.26. The predicted molar refractivity (Wildman–Crippen MR) is 111 cm³/mol. The second kappa shape index (κ2) is 6.64. The first-order valence-corrected chi connectivity index (χ1v) is 9.13. The molecule has 0 amide bonds. The minimum Gasteiger partial charge on any atom is -0.459 e. The van der Waals surface area contributed by atoms with Gasteiger partial charge in [0.1, 0.15) is 29.9 Å². The highest BCUT2D eigenvalue weighted by Gasteiger charge is 2.21. The van der Waals surface area contributed by atoms with Crippen molar-refractivity contribution in [3.8, 4) is 11.1 Å². The summed E-state index contributed by atoms with van der Waals surface area (Å²) in [5.74, 6) is 0.0685. The number of hydrogen-bond acceptors (Lipinski definition) is 5. The van der Waals surface area contributed by atoms with Crippen molar-refractivity contribution in [3.05, 3.63) is 54.9 Å². The maximum atomic E-state index is 12.5. The van der Waals surface area contributed by atoms with Gasteiger partial charge >= 0.3 is 5.97 Å². The van der Waals surface area contributed by atoms with Crippen LogP contribution in [0.3, 0.4) is 0 Å². The van der Waals surface area contributed by atoms with Crippen LogP contribution < -0.4 is 5.73 Å². The van der Waals surface area contributed by atoms with Crippen LogP contribution in [0.1, 0.15) is 20.8 Å². The monoisotopic (exact) mass is 374 g/mol. The van der Waals surface area contributed by atoms with Crippen molar-refractivity contribution >= 4 is 33.7 Å². The van der Waals surface area contributed by atoms with Crippen LogP contribution >= 0.6 is 0 Å². The number of carbonyl (C=O) groups excluding carboxylic acids is 1. The third-order valence-electron chi connectivity index (χ3n) is 4.48. The first-order valence-electron chi connectivity index (χ1n) is 9.13. The first-order chi connectivity index (χ1) is 13.3. The summed E-state index contributed by atoms with van der Waals surface area (Å²) in [6.45, 7) is 5.60. The van der Waals surface area contributed by atoms with E-state index in [1.807, 2.05) is 55.7 Å². The van der Waals surface area contributed by atoms with Crippen LogP contribution in [0.5, 0.6) is 0 Å². The van der Waals surface area contributed by atoms with Gasteiger partial charge in [0, 0.05) is 5.39 Å². The summed E-state index contributed by atoms with van der Waals surface area (Å²) in [6.07, 6.45) is 1.42. The van der Waals surface area contributed by atoms with Gasteiger partial charge in [-0.2, -0.15) is 0 Å². The molecular weight excluding hydrogens is 352 g/mol. The van der Waals surface area contributed by atoms with E-state index in [1.165, 1.54) is 6.33 Å². The molecule has 0 fully saturated rings. The van der Waals surface area contributed by atoms with Crippen molar-refractivity contribution in [1.82, 2.24) is 14.5 Å². The average molecular weight is 374 g/mol. The zero-order valence-electron chi connectivity index (χ0n) is 16.1. The van der Waals surface area contributed by atoms with Crippen molar-refractivity contribution in [1.29, 1.82) is 0 Å². The van der Waals surface area contributed by atoms with Gasteiger partial charge in [0.2, 0.25) is 0 Å². The topological polar surface area (TPSA) is 83.0 Å². The summed E-state index contributed by atoms with van der Waals surface area (Å²) in [7, 11) is 0. The Bertz CT molecular complexity index is 1170. The van der Waals surface area contributed by atoms with E-state index in [2.05, 4.69) is 28.2 Å². The van der Waals surface area contributed by atoms with Crippen LogP contribution in [0, 0.1) is 0 Å². The number of fused-ring (bicyclic) bond motifs is 3. The first kappa shape index (κ1) is 18.0. The van der Waals surface area contributed by atoms with Crippen LogP contribution in [0.2, 0.25) is 0 Å². The number of nitrogens with two attached hydrogens (primary N) is 1. The van der Waals surface area contributed by atoms with Gasteiger partial charge in [-0.15, -0.1) is 0 Å². The normalized spacial score (nSPS) is 11.8. The summed E-state index contributed by atoms with van der Waals surface area (Å²) < 4.78 is 7.37. The molecule has 0 aliphatic heterocycles. The van der Waals surface area contributed by atoms with Crippen molar-refractivity contribution < 1.29 is 9.53 Å². The van der Waals surface area contributed by atoms with Gasteiger partial charge in [-0.25, -0.2) is 9.97 Å². The van der Waals surface area contributed by atoms with Gasteiger partial charge in [-0.05, 0) is 38.0 Å². The lowest BCUT2D eigenvalue weighted by Gasteiger charge is -2.20. The number of esters is 1. The highest BCUT2D eigenvalue weighted by molar-refractivity contribution is 6.12. The number of hydrogen-bond donors (Lipinski definition) is 1.